The van der Waals surface area contributed by atoms with E-state index in [-0.39, 0.29) is 40.4 Å². The van der Waals surface area contributed by atoms with Gasteiger partial charge in [-0.1, -0.05) is 43.7 Å². The highest BCUT2D eigenvalue weighted by Crippen LogP contribution is 2.46. The summed E-state index contributed by atoms with van der Waals surface area (Å²) in [6.07, 6.45) is 8.11. The number of hydrogen-bond donors (Lipinski definition) is 2. The van der Waals surface area contributed by atoms with Crippen molar-refractivity contribution in [3.63, 3.8) is 0 Å². The molecule has 6 rings (SSSR count). The molecule has 2 bridgehead atoms. The summed E-state index contributed by atoms with van der Waals surface area (Å²) in [7, 11) is -3.86. The smallest absolute Gasteiger partial charge is 0.264 e. The topological polar surface area (TPSA) is 95.9 Å². The first kappa shape index (κ1) is 28.6. The Morgan fingerprint density at radius 1 is 1.12 bits per heavy atom. The Labute approximate surface area is 248 Å². The molecule has 6 atom stereocenters. The third-order valence-electron chi connectivity index (χ3n) is 9.91. The van der Waals surface area contributed by atoms with Crippen LogP contribution in [0.25, 0.3) is 0 Å². The lowest BCUT2D eigenvalue weighted by atomic mass is 9.68. The number of carbonyl (C=O) groups excluding carboxylic acids is 1. The van der Waals surface area contributed by atoms with Crippen LogP contribution in [0.1, 0.15) is 61.0 Å². The maximum Gasteiger partial charge on any atom is 0.264 e. The van der Waals surface area contributed by atoms with Crippen LogP contribution in [0.3, 0.4) is 0 Å². The van der Waals surface area contributed by atoms with Crippen molar-refractivity contribution in [3.05, 3.63) is 70.3 Å². The zero-order chi connectivity index (χ0) is 28.9. The summed E-state index contributed by atoms with van der Waals surface area (Å²) in [6, 6.07) is 11.4. The molecule has 0 radical (unpaired) electrons. The number of sulfonamides is 1. The minimum atomic E-state index is -3.86. The van der Waals surface area contributed by atoms with Crippen molar-refractivity contribution in [2.24, 2.45) is 23.7 Å². The van der Waals surface area contributed by atoms with E-state index in [9.17, 15) is 18.3 Å². The van der Waals surface area contributed by atoms with Crippen LogP contribution in [0.5, 0.6) is 5.75 Å². The molecule has 1 amide bonds. The average Bonchev–Trinajstić information content (AvgIpc) is 3.05. The molecule has 2 heterocycles. The number of nitrogens with zero attached hydrogens (tertiary/aromatic N) is 1. The fourth-order valence-corrected chi connectivity index (χ4v) is 8.84. The molecular formula is C32H39ClN2O5S. The number of aliphatic hydroxyl groups excluding tert-OH is 1. The number of aliphatic hydroxyl groups is 1. The molecular weight excluding hydrogens is 560 g/mol. The van der Waals surface area contributed by atoms with Crippen molar-refractivity contribution in [2.75, 3.05) is 30.3 Å². The number of carbonyl (C=O) groups is 1. The summed E-state index contributed by atoms with van der Waals surface area (Å²) in [6.45, 7) is 5.71. The second-order valence-corrected chi connectivity index (χ2v) is 14.9. The van der Waals surface area contributed by atoms with Gasteiger partial charge in [0.05, 0.1) is 24.2 Å². The minimum Gasteiger partial charge on any atom is -0.490 e. The maximum absolute atomic E-state index is 13.2. The lowest BCUT2D eigenvalue weighted by molar-refractivity contribution is 0.0454. The summed E-state index contributed by atoms with van der Waals surface area (Å²) in [5.74, 6) is -0.0304. The Morgan fingerprint density at radius 2 is 1.95 bits per heavy atom. The van der Waals surface area contributed by atoms with E-state index in [0.29, 0.717) is 25.4 Å². The van der Waals surface area contributed by atoms with Gasteiger partial charge >= 0.3 is 0 Å². The summed E-state index contributed by atoms with van der Waals surface area (Å²) in [5, 5.41) is 11.9. The van der Waals surface area contributed by atoms with E-state index < -0.39 is 22.0 Å². The number of halogens is 1. The van der Waals surface area contributed by atoms with Gasteiger partial charge in [0.1, 0.15) is 5.75 Å². The third kappa shape index (κ3) is 5.63. The fourth-order valence-electron chi connectivity index (χ4n) is 7.17. The SMILES string of the molecule is C[C@@H]1CS(=O)(=O)NC(=O)c2ccc3c(c2)N(C[C@@H]2CC[C@H]2[C@@H](O)/C=C\[C@@H]1C)C[C@@]1(CCCc2cc(Cl)ccc21)CO3. The quantitative estimate of drug-likeness (QED) is 0.410. The molecule has 0 aromatic heterocycles. The number of fused-ring (bicyclic) bond motifs is 4. The molecule has 2 aromatic carbocycles. The van der Waals surface area contributed by atoms with Gasteiger partial charge in [-0.15, -0.1) is 0 Å². The van der Waals surface area contributed by atoms with Crippen molar-refractivity contribution in [3.8, 4) is 5.75 Å². The van der Waals surface area contributed by atoms with Gasteiger partial charge in [0, 0.05) is 29.1 Å². The molecule has 220 valence electrons. The van der Waals surface area contributed by atoms with Gasteiger partial charge in [-0.2, -0.15) is 0 Å². The van der Waals surface area contributed by atoms with Gasteiger partial charge < -0.3 is 14.7 Å². The number of ether oxygens (including phenoxy) is 1. The van der Waals surface area contributed by atoms with E-state index >= 15 is 0 Å². The average molecular weight is 599 g/mol. The predicted octanol–water partition coefficient (Wildman–Crippen LogP) is 5.10. The molecule has 0 saturated heterocycles. The number of rotatable bonds is 0. The van der Waals surface area contributed by atoms with E-state index in [2.05, 4.69) is 21.8 Å². The first-order valence-electron chi connectivity index (χ1n) is 14.8. The number of anilines is 1. The second kappa shape index (κ2) is 10.9. The van der Waals surface area contributed by atoms with Crippen molar-refractivity contribution < 1.29 is 23.1 Å². The summed E-state index contributed by atoms with van der Waals surface area (Å²) in [5.41, 5.74) is 3.33. The van der Waals surface area contributed by atoms with Crippen LogP contribution in [0.4, 0.5) is 5.69 Å². The van der Waals surface area contributed by atoms with Gasteiger partial charge in [0.2, 0.25) is 10.0 Å². The van der Waals surface area contributed by atoms with Crippen molar-refractivity contribution in [1.29, 1.82) is 0 Å². The molecule has 9 heteroatoms. The fraction of sp³-hybridized carbons (Fsp3) is 0.531. The van der Waals surface area contributed by atoms with Gasteiger partial charge in [0.25, 0.3) is 5.91 Å². The Morgan fingerprint density at radius 3 is 2.73 bits per heavy atom. The summed E-state index contributed by atoms with van der Waals surface area (Å²) < 4.78 is 34.7. The number of amides is 1. The van der Waals surface area contributed by atoms with Crippen molar-refractivity contribution >= 4 is 33.2 Å². The van der Waals surface area contributed by atoms with Crippen LogP contribution < -0.4 is 14.4 Å². The van der Waals surface area contributed by atoms with Crippen LogP contribution in [0.2, 0.25) is 5.02 Å². The first-order valence-corrected chi connectivity index (χ1v) is 16.8. The molecule has 1 spiro atoms. The van der Waals surface area contributed by atoms with E-state index in [0.717, 1.165) is 42.8 Å². The van der Waals surface area contributed by atoms with E-state index in [1.807, 2.05) is 32.1 Å². The van der Waals surface area contributed by atoms with E-state index in [4.69, 9.17) is 16.3 Å². The van der Waals surface area contributed by atoms with Crippen LogP contribution in [0, 0.1) is 23.7 Å². The van der Waals surface area contributed by atoms with Crippen LogP contribution in [0.15, 0.2) is 48.6 Å². The van der Waals surface area contributed by atoms with E-state index in [1.165, 1.54) is 11.1 Å². The number of hydrogen-bond acceptors (Lipinski definition) is 6. The lowest BCUT2D eigenvalue weighted by Gasteiger charge is -2.45. The Hall–Kier alpha value is -2.55. The highest BCUT2D eigenvalue weighted by molar-refractivity contribution is 7.90. The molecule has 2 aromatic rings. The second-order valence-electron chi connectivity index (χ2n) is 12.7. The Kier molecular flexibility index (Phi) is 7.62. The molecule has 1 saturated carbocycles. The van der Waals surface area contributed by atoms with Crippen molar-refractivity contribution in [2.45, 2.75) is 57.5 Å². The van der Waals surface area contributed by atoms with Gasteiger partial charge in [0.15, 0.2) is 0 Å². The van der Waals surface area contributed by atoms with Crippen LogP contribution in [-0.2, 0) is 21.9 Å². The van der Waals surface area contributed by atoms with E-state index in [1.54, 1.807) is 18.2 Å². The van der Waals surface area contributed by atoms with Crippen LogP contribution >= 0.6 is 11.6 Å². The Balaban J connectivity index is 1.42. The zero-order valence-electron chi connectivity index (χ0n) is 23.7. The minimum absolute atomic E-state index is 0.0730. The summed E-state index contributed by atoms with van der Waals surface area (Å²) >= 11 is 6.38. The standard InChI is InChI=1S/C32H39ClN2O5S/c1-20-5-11-29(36)26-9-6-24(26)16-35-18-32(13-3-4-22-14-25(33)8-10-27(22)32)19-40-30-12-7-23(15-28(30)35)31(37)34-41(38,39)17-21(20)2/h5,7-8,10-12,14-15,20-21,24,26,29,36H,3-4,6,9,13,16-19H2,1-2H3,(H,34,37)/b11-5-/t20-,21+,24-,26+,29-,32-/m0/s1. The maximum atomic E-state index is 13.2. The molecule has 4 aliphatic rings. The van der Waals surface area contributed by atoms with Gasteiger partial charge in [-0.3, -0.25) is 4.79 Å². The van der Waals surface area contributed by atoms with Gasteiger partial charge in [-0.25, -0.2) is 13.1 Å². The Bertz CT molecular complexity index is 1480. The number of allylic oxidation sites excluding steroid dienone is 1. The molecule has 0 unspecified atom stereocenters. The normalized spacial score (nSPS) is 33.8. The predicted molar refractivity (Wildman–Crippen MR) is 161 cm³/mol. The molecule has 41 heavy (non-hydrogen) atoms. The number of aryl methyl sites for hydroxylation is 1. The highest BCUT2D eigenvalue weighted by atomic mass is 35.5. The third-order valence-corrected chi connectivity index (χ3v) is 11.6. The van der Waals surface area contributed by atoms with Crippen molar-refractivity contribution in [1.82, 2.24) is 4.72 Å². The first-order chi connectivity index (χ1) is 19.5. The lowest BCUT2D eigenvalue weighted by Crippen LogP contribution is -2.49. The van der Waals surface area contributed by atoms with Crippen LogP contribution in [-0.4, -0.2) is 51.0 Å². The highest BCUT2D eigenvalue weighted by Gasteiger charge is 2.44. The largest absolute Gasteiger partial charge is 0.490 e. The number of nitrogens with one attached hydrogen (secondary N) is 1. The summed E-state index contributed by atoms with van der Waals surface area (Å²) in [4.78, 5) is 15.6. The molecule has 2 aliphatic carbocycles. The number of benzene rings is 2. The van der Waals surface area contributed by atoms with Gasteiger partial charge in [-0.05, 0) is 97.2 Å². The zero-order valence-corrected chi connectivity index (χ0v) is 25.3. The molecule has 7 nitrogen and oxygen atoms in total. The monoisotopic (exact) mass is 598 g/mol. The molecule has 2 N–H and O–H groups in total. The molecule has 2 aliphatic heterocycles. The molecule has 1 fully saturated rings.